The Kier molecular flexibility index (Phi) is 3.14. The highest BCUT2D eigenvalue weighted by atomic mass is 79.9. The van der Waals surface area contributed by atoms with E-state index in [9.17, 15) is 4.39 Å². The van der Waals surface area contributed by atoms with Crippen LogP contribution in [0.4, 0.5) is 4.39 Å². The van der Waals surface area contributed by atoms with Gasteiger partial charge in [-0.05, 0) is 42.5 Å². The SMILES string of the molecule is Fc1ccc(Sc2coc3cc(Br)ccc23)cc1. The molecule has 0 saturated heterocycles. The van der Waals surface area contributed by atoms with Crippen molar-refractivity contribution in [2.45, 2.75) is 9.79 Å². The van der Waals surface area contributed by atoms with E-state index in [1.165, 1.54) is 12.1 Å². The fraction of sp³-hybridized carbons (Fsp3) is 0. The number of rotatable bonds is 2. The summed E-state index contributed by atoms with van der Waals surface area (Å²) in [4.78, 5) is 2.02. The van der Waals surface area contributed by atoms with Crippen LogP contribution < -0.4 is 0 Å². The zero-order valence-corrected chi connectivity index (χ0v) is 11.6. The third kappa shape index (κ3) is 2.31. The highest BCUT2D eigenvalue weighted by Crippen LogP contribution is 2.35. The van der Waals surface area contributed by atoms with Crippen molar-refractivity contribution in [3.8, 4) is 0 Å². The van der Waals surface area contributed by atoms with E-state index in [2.05, 4.69) is 15.9 Å². The van der Waals surface area contributed by atoms with Gasteiger partial charge in [0.1, 0.15) is 17.7 Å². The molecule has 18 heavy (non-hydrogen) atoms. The van der Waals surface area contributed by atoms with E-state index in [1.54, 1.807) is 30.2 Å². The molecule has 0 fully saturated rings. The summed E-state index contributed by atoms with van der Waals surface area (Å²) in [6, 6.07) is 12.4. The van der Waals surface area contributed by atoms with E-state index in [0.717, 1.165) is 25.2 Å². The first-order valence-electron chi connectivity index (χ1n) is 5.32. The molecule has 1 heterocycles. The normalized spacial score (nSPS) is 11.0. The van der Waals surface area contributed by atoms with E-state index in [-0.39, 0.29) is 5.82 Å². The maximum Gasteiger partial charge on any atom is 0.136 e. The molecule has 0 N–H and O–H groups in total. The molecule has 1 aromatic heterocycles. The second kappa shape index (κ2) is 4.78. The number of benzene rings is 2. The van der Waals surface area contributed by atoms with E-state index in [0.29, 0.717) is 0 Å². The monoisotopic (exact) mass is 322 g/mol. The van der Waals surface area contributed by atoms with Crippen LogP contribution in [0.5, 0.6) is 0 Å². The minimum absolute atomic E-state index is 0.222. The fourth-order valence-electron chi connectivity index (χ4n) is 1.69. The molecule has 0 radical (unpaired) electrons. The summed E-state index contributed by atoms with van der Waals surface area (Å²) in [5.41, 5.74) is 0.842. The van der Waals surface area contributed by atoms with Crippen LogP contribution in [-0.4, -0.2) is 0 Å². The summed E-state index contributed by atoms with van der Waals surface area (Å²) in [5, 5.41) is 1.06. The Morgan fingerprint density at radius 1 is 1.06 bits per heavy atom. The minimum Gasteiger partial charge on any atom is -0.463 e. The van der Waals surface area contributed by atoms with E-state index < -0.39 is 0 Å². The maximum absolute atomic E-state index is 12.8. The van der Waals surface area contributed by atoms with Gasteiger partial charge in [-0.25, -0.2) is 4.39 Å². The molecule has 0 amide bonds. The second-order valence-electron chi connectivity index (χ2n) is 3.80. The first-order chi connectivity index (χ1) is 8.72. The van der Waals surface area contributed by atoms with Gasteiger partial charge in [0.2, 0.25) is 0 Å². The molecular formula is C14H8BrFOS. The van der Waals surface area contributed by atoms with Gasteiger partial charge in [0, 0.05) is 14.8 Å². The molecule has 0 atom stereocenters. The summed E-state index contributed by atoms with van der Waals surface area (Å²) < 4.78 is 19.3. The highest BCUT2D eigenvalue weighted by molar-refractivity contribution is 9.10. The fourth-order valence-corrected chi connectivity index (χ4v) is 2.93. The molecule has 0 spiro atoms. The lowest BCUT2D eigenvalue weighted by Crippen LogP contribution is -1.74. The maximum atomic E-state index is 12.8. The third-order valence-corrected chi connectivity index (χ3v) is 4.08. The van der Waals surface area contributed by atoms with Gasteiger partial charge in [-0.15, -0.1) is 0 Å². The predicted molar refractivity (Wildman–Crippen MR) is 74.4 cm³/mol. The van der Waals surface area contributed by atoms with Crippen molar-refractivity contribution >= 4 is 38.7 Å². The van der Waals surface area contributed by atoms with Crippen molar-refractivity contribution < 1.29 is 8.81 Å². The number of fused-ring (bicyclic) bond motifs is 1. The largest absolute Gasteiger partial charge is 0.463 e. The molecule has 90 valence electrons. The Labute approximate surface area is 116 Å². The Hall–Kier alpha value is -1.26. The topological polar surface area (TPSA) is 13.1 Å². The zero-order valence-electron chi connectivity index (χ0n) is 9.19. The van der Waals surface area contributed by atoms with Crippen LogP contribution >= 0.6 is 27.7 Å². The zero-order chi connectivity index (χ0) is 12.5. The summed E-state index contributed by atoms with van der Waals surface area (Å²) in [6.07, 6.45) is 1.73. The van der Waals surface area contributed by atoms with Gasteiger partial charge in [-0.2, -0.15) is 0 Å². The number of hydrogen-bond acceptors (Lipinski definition) is 2. The van der Waals surface area contributed by atoms with Crippen molar-refractivity contribution in [3.63, 3.8) is 0 Å². The van der Waals surface area contributed by atoms with Crippen molar-refractivity contribution in [2.75, 3.05) is 0 Å². The second-order valence-corrected chi connectivity index (χ2v) is 5.83. The Balaban J connectivity index is 1.97. The van der Waals surface area contributed by atoms with Gasteiger partial charge in [0.15, 0.2) is 0 Å². The summed E-state index contributed by atoms with van der Waals surface area (Å²) in [6.45, 7) is 0. The lowest BCUT2D eigenvalue weighted by atomic mass is 10.3. The van der Waals surface area contributed by atoms with E-state index in [4.69, 9.17) is 4.42 Å². The third-order valence-electron chi connectivity index (χ3n) is 2.54. The molecule has 0 aliphatic heterocycles. The number of furan rings is 1. The quantitative estimate of drug-likeness (QED) is 0.619. The van der Waals surface area contributed by atoms with Crippen molar-refractivity contribution in [2.24, 2.45) is 0 Å². The predicted octanol–water partition coefficient (Wildman–Crippen LogP) is 5.49. The first kappa shape index (κ1) is 11.8. The molecule has 0 aliphatic carbocycles. The number of hydrogen-bond donors (Lipinski definition) is 0. The van der Waals surface area contributed by atoms with Crippen LogP contribution in [0.25, 0.3) is 11.0 Å². The summed E-state index contributed by atoms with van der Waals surface area (Å²) in [7, 11) is 0. The minimum atomic E-state index is -0.222. The van der Waals surface area contributed by atoms with Gasteiger partial charge in [-0.3, -0.25) is 0 Å². The van der Waals surface area contributed by atoms with Crippen LogP contribution in [0.2, 0.25) is 0 Å². The number of halogens is 2. The Morgan fingerprint density at radius 3 is 2.61 bits per heavy atom. The van der Waals surface area contributed by atoms with Crippen LogP contribution in [0.1, 0.15) is 0 Å². The molecule has 1 nitrogen and oxygen atoms in total. The average molecular weight is 323 g/mol. The van der Waals surface area contributed by atoms with Gasteiger partial charge >= 0.3 is 0 Å². The Bertz CT molecular complexity index is 691. The standard InChI is InChI=1S/C14H8BrFOS/c15-9-1-6-12-13(7-9)17-8-14(12)18-11-4-2-10(16)3-5-11/h1-8H. The molecular weight excluding hydrogens is 315 g/mol. The summed E-state index contributed by atoms with van der Waals surface area (Å²) >= 11 is 4.97. The van der Waals surface area contributed by atoms with Gasteiger partial charge in [-0.1, -0.05) is 27.7 Å². The van der Waals surface area contributed by atoms with Crippen LogP contribution in [0.3, 0.4) is 0 Å². The van der Waals surface area contributed by atoms with Gasteiger partial charge in [0.25, 0.3) is 0 Å². The Morgan fingerprint density at radius 2 is 1.83 bits per heavy atom. The average Bonchev–Trinajstić information content (AvgIpc) is 2.74. The lowest BCUT2D eigenvalue weighted by molar-refractivity contribution is 0.608. The van der Waals surface area contributed by atoms with Crippen molar-refractivity contribution in [3.05, 3.63) is 59.0 Å². The molecule has 0 saturated carbocycles. The van der Waals surface area contributed by atoms with Crippen LogP contribution in [0.15, 0.2) is 67.4 Å². The van der Waals surface area contributed by atoms with Crippen molar-refractivity contribution in [1.82, 2.24) is 0 Å². The van der Waals surface area contributed by atoms with Crippen molar-refractivity contribution in [1.29, 1.82) is 0 Å². The molecule has 0 aliphatic rings. The highest BCUT2D eigenvalue weighted by Gasteiger charge is 2.07. The molecule has 2 aromatic carbocycles. The lowest BCUT2D eigenvalue weighted by Gasteiger charge is -1.99. The molecule has 3 aromatic rings. The van der Waals surface area contributed by atoms with E-state index in [1.807, 2.05) is 18.2 Å². The van der Waals surface area contributed by atoms with Crippen LogP contribution in [0, 0.1) is 5.82 Å². The molecule has 0 unspecified atom stereocenters. The smallest absolute Gasteiger partial charge is 0.136 e. The molecule has 0 bridgehead atoms. The summed E-state index contributed by atoms with van der Waals surface area (Å²) in [5.74, 6) is -0.222. The van der Waals surface area contributed by atoms with Crippen LogP contribution in [-0.2, 0) is 0 Å². The van der Waals surface area contributed by atoms with Gasteiger partial charge in [0.05, 0.1) is 4.90 Å². The van der Waals surface area contributed by atoms with Gasteiger partial charge < -0.3 is 4.42 Å². The molecule has 3 rings (SSSR count). The first-order valence-corrected chi connectivity index (χ1v) is 6.93. The van der Waals surface area contributed by atoms with E-state index >= 15 is 0 Å². The molecule has 4 heteroatoms.